The van der Waals surface area contributed by atoms with E-state index in [-0.39, 0.29) is 12.5 Å². The third-order valence-electron chi connectivity index (χ3n) is 2.89. The van der Waals surface area contributed by atoms with E-state index in [1.807, 2.05) is 0 Å². The van der Waals surface area contributed by atoms with Gasteiger partial charge in [0.1, 0.15) is 6.54 Å². The molecule has 96 valence electrons. The number of carbonyl (C=O) groups is 2. The van der Waals surface area contributed by atoms with Gasteiger partial charge in [-0.25, -0.2) is 0 Å². The topological polar surface area (TPSA) is 57.6 Å². The van der Waals surface area contributed by atoms with Gasteiger partial charge in [-0.1, -0.05) is 11.6 Å². The van der Waals surface area contributed by atoms with E-state index in [4.69, 9.17) is 16.7 Å². The minimum Gasteiger partial charge on any atom is -0.480 e. The quantitative estimate of drug-likeness (QED) is 0.892. The van der Waals surface area contributed by atoms with Crippen LogP contribution in [0.15, 0.2) is 24.3 Å². The van der Waals surface area contributed by atoms with E-state index in [0.29, 0.717) is 23.0 Å². The standard InChI is InChI=1S/C13H14ClNO3/c14-10-3-5-11(6-4-10)15(8-13(17)18)12(16)7-9-1-2-9/h3-6,9H,1-2,7-8H2,(H,17,18). The second kappa shape index (κ2) is 5.40. The summed E-state index contributed by atoms with van der Waals surface area (Å²) in [5.74, 6) is -0.725. The van der Waals surface area contributed by atoms with Crippen LogP contribution < -0.4 is 4.90 Å². The van der Waals surface area contributed by atoms with Crippen molar-refractivity contribution >= 4 is 29.2 Å². The van der Waals surface area contributed by atoms with Gasteiger partial charge in [0.05, 0.1) is 0 Å². The first kappa shape index (κ1) is 12.9. The second-order valence-corrected chi connectivity index (χ2v) is 4.93. The monoisotopic (exact) mass is 267 g/mol. The van der Waals surface area contributed by atoms with Gasteiger partial charge < -0.3 is 10.0 Å². The van der Waals surface area contributed by atoms with Crippen molar-refractivity contribution in [2.45, 2.75) is 19.3 Å². The molecule has 1 aromatic carbocycles. The molecule has 0 aliphatic heterocycles. The van der Waals surface area contributed by atoms with Crippen molar-refractivity contribution in [1.82, 2.24) is 0 Å². The zero-order chi connectivity index (χ0) is 13.1. The third-order valence-corrected chi connectivity index (χ3v) is 3.14. The van der Waals surface area contributed by atoms with Gasteiger partial charge in [0.25, 0.3) is 0 Å². The number of benzene rings is 1. The number of carboxylic acids is 1. The van der Waals surface area contributed by atoms with Crippen molar-refractivity contribution in [3.8, 4) is 0 Å². The number of carboxylic acid groups (broad SMARTS) is 1. The van der Waals surface area contributed by atoms with Crippen molar-refractivity contribution < 1.29 is 14.7 Å². The van der Waals surface area contributed by atoms with Crippen molar-refractivity contribution in [2.75, 3.05) is 11.4 Å². The maximum Gasteiger partial charge on any atom is 0.323 e. The number of nitrogens with zero attached hydrogens (tertiary/aromatic N) is 1. The van der Waals surface area contributed by atoms with Gasteiger partial charge in [-0.3, -0.25) is 9.59 Å². The minimum absolute atomic E-state index is 0.137. The lowest BCUT2D eigenvalue weighted by Crippen LogP contribution is -2.35. The Bertz CT molecular complexity index is 454. The van der Waals surface area contributed by atoms with Gasteiger partial charge in [0.2, 0.25) is 5.91 Å². The Kier molecular flexibility index (Phi) is 3.87. The van der Waals surface area contributed by atoms with Crippen molar-refractivity contribution in [1.29, 1.82) is 0 Å². The molecule has 0 radical (unpaired) electrons. The van der Waals surface area contributed by atoms with Gasteiger partial charge in [0, 0.05) is 17.1 Å². The van der Waals surface area contributed by atoms with Gasteiger partial charge >= 0.3 is 5.97 Å². The van der Waals surface area contributed by atoms with Crippen LogP contribution in [0.1, 0.15) is 19.3 Å². The number of amides is 1. The summed E-state index contributed by atoms with van der Waals surface area (Å²) in [7, 11) is 0. The largest absolute Gasteiger partial charge is 0.480 e. The Morgan fingerprint density at radius 3 is 2.39 bits per heavy atom. The molecule has 18 heavy (non-hydrogen) atoms. The molecule has 4 nitrogen and oxygen atoms in total. The maximum atomic E-state index is 12.0. The summed E-state index contributed by atoms with van der Waals surface area (Å²) in [6.45, 7) is -0.312. The van der Waals surface area contributed by atoms with E-state index in [1.54, 1.807) is 24.3 Å². The first-order chi connectivity index (χ1) is 8.56. The van der Waals surface area contributed by atoms with Crippen LogP contribution in [0.5, 0.6) is 0 Å². The molecule has 2 rings (SSSR count). The average Bonchev–Trinajstić information content (AvgIpc) is 3.11. The number of rotatable bonds is 5. The fourth-order valence-corrected chi connectivity index (χ4v) is 1.88. The molecule has 1 saturated carbocycles. The third kappa shape index (κ3) is 3.47. The van der Waals surface area contributed by atoms with Crippen molar-refractivity contribution in [3.63, 3.8) is 0 Å². The zero-order valence-electron chi connectivity index (χ0n) is 9.80. The fourth-order valence-electron chi connectivity index (χ4n) is 1.76. The van der Waals surface area contributed by atoms with E-state index in [2.05, 4.69) is 0 Å². The predicted molar refractivity (Wildman–Crippen MR) is 68.8 cm³/mol. The summed E-state index contributed by atoms with van der Waals surface area (Å²) >= 11 is 5.78. The predicted octanol–water partition coefficient (Wildman–Crippen LogP) is 2.56. The highest BCUT2D eigenvalue weighted by Crippen LogP contribution is 2.33. The molecule has 0 unspecified atom stereocenters. The van der Waals surface area contributed by atoms with E-state index in [9.17, 15) is 9.59 Å². The molecule has 0 aromatic heterocycles. The fraction of sp³-hybridized carbons (Fsp3) is 0.385. The molecule has 0 atom stereocenters. The van der Waals surface area contributed by atoms with Crippen LogP contribution in [-0.2, 0) is 9.59 Å². The molecule has 0 spiro atoms. The minimum atomic E-state index is -1.02. The lowest BCUT2D eigenvalue weighted by Gasteiger charge is -2.20. The van der Waals surface area contributed by atoms with Gasteiger partial charge in [-0.05, 0) is 43.0 Å². The Balaban J connectivity index is 2.14. The number of hydrogen-bond acceptors (Lipinski definition) is 2. The Hall–Kier alpha value is -1.55. The Morgan fingerprint density at radius 2 is 1.89 bits per heavy atom. The zero-order valence-corrected chi connectivity index (χ0v) is 10.6. The molecule has 1 aromatic rings. The molecule has 5 heteroatoms. The lowest BCUT2D eigenvalue weighted by molar-refractivity contribution is -0.136. The van der Waals surface area contributed by atoms with Crippen LogP contribution in [0.4, 0.5) is 5.69 Å². The van der Waals surface area contributed by atoms with Crippen LogP contribution >= 0.6 is 11.6 Å². The summed E-state index contributed by atoms with van der Waals surface area (Å²) in [4.78, 5) is 24.2. The second-order valence-electron chi connectivity index (χ2n) is 4.50. The van der Waals surface area contributed by atoms with Crippen LogP contribution in [0.2, 0.25) is 5.02 Å². The molecular weight excluding hydrogens is 254 g/mol. The number of hydrogen-bond donors (Lipinski definition) is 1. The number of aliphatic carboxylic acids is 1. The molecule has 1 N–H and O–H groups in total. The van der Waals surface area contributed by atoms with Crippen LogP contribution in [-0.4, -0.2) is 23.5 Å². The molecule has 1 fully saturated rings. The van der Waals surface area contributed by atoms with Crippen molar-refractivity contribution in [3.05, 3.63) is 29.3 Å². The molecule has 0 heterocycles. The maximum absolute atomic E-state index is 12.0. The first-order valence-corrected chi connectivity index (χ1v) is 6.22. The number of anilines is 1. The molecule has 0 bridgehead atoms. The van der Waals surface area contributed by atoms with E-state index >= 15 is 0 Å². The molecular formula is C13H14ClNO3. The SMILES string of the molecule is O=C(O)CN(C(=O)CC1CC1)c1ccc(Cl)cc1. The Morgan fingerprint density at radius 1 is 1.28 bits per heavy atom. The molecule has 1 aliphatic rings. The first-order valence-electron chi connectivity index (χ1n) is 5.84. The van der Waals surface area contributed by atoms with Crippen molar-refractivity contribution in [2.24, 2.45) is 5.92 Å². The van der Waals surface area contributed by atoms with E-state index < -0.39 is 5.97 Å². The molecule has 1 amide bonds. The van der Waals surface area contributed by atoms with Gasteiger partial charge in [-0.15, -0.1) is 0 Å². The smallest absolute Gasteiger partial charge is 0.323 e. The van der Waals surface area contributed by atoms with Gasteiger partial charge in [0.15, 0.2) is 0 Å². The highest BCUT2D eigenvalue weighted by atomic mass is 35.5. The average molecular weight is 268 g/mol. The summed E-state index contributed by atoms with van der Waals surface area (Å²) in [5, 5.41) is 9.44. The molecule has 1 aliphatic carbocycles. The van der Waals surface area contributed by atoms with Crippen LogP contribution in [0, 0.1) is 5.92 Å². The highest BCUT2D eigenvalue weighted by Gasteiger charge is 2.28. The summed E-state index contributed by atoms with van der Waals surface area (Å²) in [5.41, 5.74) is 0.576. The summed E-state index contributed by atoms with van der Waals surface area (Å²) in [6.07, 6.45) is 2.55. The van der Waals surface area contributed by atoms with E-state index in [1.165, 1.54) is 4.90 Å². The summed E-state index contributed by atoms with van der Waals surface area (Å²) < 4.78 is 0. The summed E-state index contributed by atoms with van der Waals surface area (Å²) in [6, 6.07) is 6.62. The van der Waals surface area contributed by atoms with Gasteiger partial charge in [-0.2, -0.15) is 0 Å². The highest BCUT2D eigenvalue weighted by molar-refractivity contribution is 6.30. The van der Waals surface area contributed by atoms with Crippen LogP contribution in [0.3, 0.4) is 0 Å². The number of halogens is 1. The Labute approximate surface area is 110 Å². The molecule has 0 saturated heterocycles. The van der Waals surface area contributed by atoms with E-state index in [0.717, 1.165) is 12.8 Å². The number of carbonyl (C=O) groups excluding carboxylic acids is 1. The normalized spacial score (nSPS) is 14.3. The lowest BCUT2D eigenvalue weighted by atomic mass is 10.2. The van der Waals surface area contributed by atoms with Crippen LogP contribution in [0.25, 0.3) is 0 Å².